The number of carbonyl (C=O) groups excluding carboxylic acids is 1. The highest BCUT2D eigenvalue weighted by atomic mass is 32.1. The average Bonchev–Trinajstić information content (AvgIpc) is 3.28. The third-order valence-electron chi connectivity index (χ3n) is 4.68. The minimum atomic E-state index is -0.560. The standard InChI is InChI=1S/C25H25FN4O3S/c1-3-5-6-23-29-30-25(34-23)28-24(31)19(15-27)13-18-9-12-21(22(14-18)32-4-2)33-16-17-7-10-20(26)11-8-17/h7-14H,3-6,16H2,1-2H3,(H,28,30,31). The SMILES string of the molecule is CCCCc1nnc(NC(=O)C(C#N)=Cc2ccc(OCc3ccc(F)cc3)c(OCC)c2)s1. The van der Waals surface area contributed by atoms with Gasteiger partial charge in [0.05, 0.1) is 6.61 Å². The molecule has 34 heavy (non-hydrogen) atoms. The molecule has 0 unspecified atom stereocenters. The summed E-state index contributed by atoms with van der Waals surface area (Å²) >= 11 is 1.30. The minimum Gasteiger partial charge on any atom is -0.490 e. The molecule has 0 radical (unpaired) electrons. The number of halogens is 1. The van der Waals surface area contributed by atoms with Crippen molar-refractivity contribution in [2.45, 2.75) is 39.7 Å². The summed E-state index contributed by atoms with van der Waals surface area (Å²) < 4.78 is 24.6. The minimum absolute atomic E-state index is 0.0762. The molecule has 9 heteroatoms. The van der Waals surface area contributed by atoms with Crippen molar-refractivity contribution in [3.05, 3.63) is 70.0 Å². The molecule has 2 aromatic carbocycles. The summed E-state index contributed by atoms with van der Waals surface area (Å²) in [6.45, 7) is 4.58. The van der Waals surface area contributed by atoms with Crippen molar-refractivity contribution in [2.24, 2.45) is 0 Å². The predicted octanol–water partition coefficient (Wildman–Crippen LogP) is 5.54. The molecule has 3 rings (SSSR count). The Morgan fingerprint density at radius 1 is 1.15 bits per heavy atom. The normalized spacial score (nSPS) is 11.1. The highest BCUT2D eigenvalue weighted by molar-refractivity contribution is 7.15. The van der Waals surface area contributed by atoms with Gasteiger partial charge in [-0.1, -0.05) is 42.9 Å². The van der Waals surface area contributed by atoms with E-state index in [1.54, 1.807) is 30.3 Å². The van der Waals surface area contributed by atoms with Crippen molar-refractivity contribution < 1.29 is 18.7 Å². The van der Waals surface area contributed by atoms with Gasteiger partial charge in [0, 0.05) is 6.42 Å². The maximum atomic E-state index is 13.1. The molecule has 0 aliphatic heterocycles. The van der Waals surface area contributed by atoms with Gasteiger partial charge in [0.2, 0.25) is 5.13 Å². The van der Waals surface area contributed by atoms with Crippen LogP contribution < -0.4 is 14.8 Å². The Bertz CT molecular complexity index is 1190. The van der Waals surface area contributed by atoms with Crippen molar-refractivity contribution >= 4 is 28.5 Å². The monoisotopic (exact) mass is 480 g/mol. The maximum Gasteiger partial charge on any atom is 0.268 e. The van der Waals surface area contributed by atoms with Crippen LogP contribution in [0.4, 0.5) is 9.52 Å². The fraction of sp³-hybridized carbons (Fsp3) is 0.280. The zero-order valence-corrected chi connectivity index (χ0v) is 19.8. The van der Waals surface area contributed by atoms with Gasteiger partial charge >= 0.3 is 0 Å². The number of aromatic nitrogens is 2. The van der Waals surface area contributed by atoms with Gasteiger partial charge in [0.25, 0.3) is 5.91 Å². The largest absolute Gasteiger partial charge is 0.490 e. The summed E-state index contributed by atoms with van der Waals surface area (Å²) in [5.41, 5.74) is 1.34. The second-order valence-electron chi connectivity index (χ2n) is 7.28. The lowest BCUT2D eigenvalue weighted by atomic mass is 10.1. The number of aryl methyl sites for hydroxylation is 1. The lowest BCUT2D eigenvalue weighted by Gasteiger charge is -2.13. The Balaban J connectivity index is 1.72. The molecule has 0 saturated carbocycles. The van der Waals surface area contributed by atoms with Crippen molar-refractivity contribution in [3.8, 4) is 17.6 Å². The summed E-state index contributed by atoms with van der Waals surface area (Å²) in [4.78, 5) is 12.6. The first-order valence-electron chi connectivity index (χ1n) is 10.9. The number of anilines is 1. The Labute approximate surface area is 201 Å². The topological polar surface area (TPSA) is 97.1 Å². The first kappa shape index (κ1) is 24.9. The van der Waals surface area contributed by atoms with Gasteiger partial charge in [-0.25, -0.2) is 4.39 Å². The number of unbranched alkanes of at least 4 members (excludes halogenated alkanes) is 1. The summed E-state index contributed by atoms with van der Waals surface area (Å²) in [5, 5.41) is 21.4. The van der Waals surface area contributed by atoms with E-state index in [4.69, 9.17) is 9.47 Å². The lowest BCUT2D eigenvalue weighted by Crippen LogP contribution is -2.13. The molecule has 7 nitrogen and oxygen atoms in total. The lowest BCUT2D eigenvalue weighted by molar-refractivity contribution is -0.112. The first-order chi connectivity index (χ1) is 16.5. The maximum absolute atomic E-state index is 13.1. The van der Waals surface area contributed by atoms with E-state index in [1.807, 2.05) is 13.0 Å². The van der Waals surface area contributed by atoms with Crippen LogP contribution in [0.3, 0.4) is 0 Å². The van der Waals surface area contributed by atoms with Crippen molar-refractivity contribution in [2.75, 3.05) is 11.9 Å². The van der Waals surface area contributed by atoms with E-state index in [0.717, 1.165) is 29.8 Å². The van der Waals surface area contributed by atoms with E-state index in [-0.39, 0.29) is 18.0 Å². The van der Waals surface area contributed by atoms with Crippen LogP contribution >= 0.6 is 11.3 Å². The zero-order chi connectivity index (χ0) is 24.3. The van der Waals surface area contributed by atoms with Gasteiger partial charge in [-0.3, -0.25) is 10.1 Å². The van der Waals surface area contributed by atoms with Gasteiger partial charge in [0.15, 0.2) is 11.5 Å². The molecule has 1 N–H and O–H groups in total. The van der Waals surface area contributed by atoms with E-state index in [2.05, 4.69) is 22.4 Å². The molecular formula is C25H25FN4O3S. The number of carbonyl (C=O) groups is 1. The molecule has 1 aromatic heterocycles. The second kappa shape index (κ2) is 12.5. The highest BCUT2D eigenvalue weighted by Crippen LogP contribution is 2.30. The van der Waals surface area contributed by atoms with Crippen LogP contribution in [0.25, 0.3) is 6.08 Å². The Kier molecular flexibility index (Phi) is 9.12. The number of benzene rings is 2. The first-order valence-corrected chi connectivity index (χ1v) is 11.7. The number of nitrogens with zero attached hydrogens (tertiary/aromatic N) is 3. The van der Waals surface area contributed by atoms with Crippen LogP contribution in [-0.4, -0.2) is 22.7 Å². The second-order valence-corrected chi connectivity index (χ2v) is 8.34. The van der Waals surface area contributed by atoms with Crippen LogP contribution in [-0.2, 0) is 17.8 Å². The number of hydrogen-bond acceptors (Lipinski definition) is 7. The third-order valence-corrected chi connectivity index (χ3v) is 5.58. The van der Waals surface area contributed by atoms with Crippen LogP contribution in [0.15, 0.2) is 48.0 Å². The summed E-state index contributed by atoms with van der Waals surface area (Å²) in [6, 6.07) is 13.1. The highest BCUT2D eigenvalue weighted by Gasteiger charge is 2.14. The van der Waals surface area contributed by atoms with Gasteiger partial charge in [0.1, 0.15) is 29.1 Å². The van der Waals surface area contributed by atoms with Crippen LogP contribution in [0.5, 0.6) is 11.5 Å². The molecular weight excluding hydrogens is 455 g/mol. The number of nitriles is 1. The average molecular weight is 481 g/mol. The Morgan fingerprint density at radius 3 is 2.65 bits per heavy atom. The molecule has 0 fully saturated rings. The van der Waals surface area contributed by atoms with Crippen LogP contribution in [0, 0.1) is 17.1 Å². The Morgan fingerprint density at radius 2 is 1.94 bits per heavy atom. The summed E-state index contributed by atoms with van der Waals surface area (Å²) in [5.74, 6) is 0.103. The number of rotatable bonds is 11. The number of amides is 1. The summed E-state index contributed by atoms with van der Waals surface area (Å²) in [6.07, 6.45) is 4.32. The van der Waals surface area contributed by atoms with Gasteiger partial charge in [-0.2, -0.15) is 5.26 Å². The summed E-state index contributed by atoms with van der Waals surface area (Å²) in [7, 11) is 0. The van der Waals surface area contributed by atoms with Crippen molar-refractivity contribution in [1.29, 1.82) is 5.26 Å². The third kappa shape index (κ3) is 7.12. The number of nitrogens with one attached hydrogen (secondary N) is 1. The number of ether oxygens (including phenoxy) is 2. The van der Waals surface area contributed by atoms with Crippen molar-refractivity contribution in [3.63, 3.8) is 0 Å². The molecule has 1 amide bonds. The Hall–Kier alpha value is -3.77. The molecule has 0 aliphatic carbocycles. The molecule has 0 saturated heterocycles. The molecule has 0 bridgehead atoms. The molecule has 1 heterocycles. The van der Waals surface area contributed by atoms with Crippen LogP contribution in [0.2, 0.25) is 0 Å². The number of hydrogen-bond donors (Lipinski definition) is 1. The van der Waals surface area contributed by atoms with E-state index < -0.39 is 5.91 Å². The van der Waals surface area contributed by atoms with Crippen LogP contribution in [0.1, 0.15) is 42.8 Å². The van der Waals surface area contributed by atoms with E-state index >= 15 is 0 Å². The molecule has 0 aliphatic rings. The molecule has 0 atom stereocenters. The smallest absolute Gasteiger partial charge is 0.268 e. The van der Waals surface area contributed by atoms with E-state index in [0.29, 0.717) is 28.8 Å². The van der Waals surface area contributed by atoms with Gasteiger partial charge in [-0.05, 0) is 54.8 Å². The quantitative estimate of drug-likeness (QED) is 0.286. The fourth-order valence-corrected chi connectivity index (χ4v) is 3.73. The van der Waals surface area contributed by atoms with E-state index in [1.165, 1.54) is 29.5 Å². The molecule has 0 spiro atoms. The molecule has 3 aromatic rings. The zero-order valence-electron chi connectivity index (χ0n) is 19.0. The fourth-order valence-electron chi connectivity index (χ4n) is 2.96. The van der Waals surface area contributed by atoms with Gasteiger partial charge in [-0.15, -0.1) is 10.2 Å². The van der Waals surface area contributed by atoms with Crippen molar-refractivity contribution in [1.82, 2.24) is 10.2 Å². The molecule has 176 valence electrons. The predicted molar refractivity (Wildman–Crippen MR) is 129 cm³/mol. The van der Waals surface area contributed by atoms with E-state index in [9.17, 15) is 14.4 Å². The van der Waals surface area contributed by atoms with Gasteiger partial charge < -0.3 is 9.47 Å².